The number of pyridine rings is 1. The third-order valence-corrected chi connectivity index (χ3v) is 5.93. The molecule has 2 heterocycles. The fourth-order valence-corrected chi connectivity index (χ4v) is 4.69. The molecule has 0 aliphatic carbocycles. The fraction of sp³-hybridized carbons (Fsp3) is 0.381. The Balaban J connectivity index is 1.79. The molecule has 3 rings (SSSR count). The molecule has 3 N–H and O–H groups in total. The first-order valence-corrected chi connectivity index (χ1v) is 10.5. The lowest BCUT2D eigenvalue weighted by molar-refractivity contribution is -0.153. The molecule has 2 aromatic rings. The number of alkyl halides is 4. The lowest BCUT2D eigenvalue weighted by Gasteiger charge is -2.39. The average molecular weight is 488 g/mol. The molecule has 0 saturated carbocycles. The molecule has 1 amide bonds. The number of ether oxygens (including phenoxy) is 1. The third-order valence-electron chi connectivity index (χ3n) is 4.88. The minimum atomic E-state index is -4.50. The number of carbonyl (C=O) groups excluding carboxylic acids is 1. The lowest BCUT2D eigenvalue weighted by Crippen LogP contribution is -2.41. The predicted octanol–water partition coefficient (Wildman–Crippen LogP) is 4.81. The van der Waals surface area contributed by atoms with Crippen LogP contribution in [0, 0.1) is 5.82 Å². The molecule has 1 aromatic carbocycles. The van der Waals surface area contributed by atoms with Crippen LogP contribution in [0.3, 0.4) is 0 Å². The Bertz CT molecular complexity index is 1060. The molecule has 0 spiro atoms. The third kappa shape index (κ3) is 6.12. The zero-order chi connectivity index (χ0) is 24.4. The summed E-state index contributed by atoms with van der Waals surface area (Å²) >= 11 is 1.09. The van der Waals surface area contributed by atoms with Crippen molar-refractivity contribution in [3.8, 4) is 5.75 Å². The summed E-state index contributed by atoms with van der Waals surface area (Å²) in [6.45, 7) is 1.15. The van der Waals surface area contributed by atoms with Gasteiger partial charge in [0.05, 0.1) is 16.5 Å². The van der Waals surface area contributed by atoms with Crippen molar-refractivity contribution >= 4 is 28.5 Å². The summed E-state index contributed by atoms with van der Waals surface area (Å²) in [6.07, 6.45) is -3.33. The van der Waals surface area contributed by atoms with Gasteiger partial charge in [-0.1, -0.05) is 11.8 Å². The lowest BCUT2D eigenvalue weighted by atomic mass is 9.83. The number of amidine groups is 1. The van der Waals surface area contributed by atoms with E-state index in [-0.39, 0.29) is 34.3 Å². The molecule has 1 aliphatic rings. The van der Waals surface area contributed by atoms with Gasteiger partial charge < -0.3 is 15.8 Å². The summed E-state index contributed by atoms with van der Waals surface area (Å²) in [5.74, 6) is -1.41. The molecule has 6 nitrogen and oxygen atoms in total. The van der Waals surface area contributed by atoms with E-state index < -0.39 is 41.5 Å². The number of aromatic nitrogens is 1. The van der Waals surface area contributed by atoms with Gasteiger partial charge in [-0.2, -0.15) is 13.2 Å². The number of anilines is 1. The fourth-order valence-electron chi connectivity index (χ4n) is 3.53. The molecule has 0 fully saturated rings. The van der Waals surface area contributed by atoms with Gasteiger partial charge in [0.25, 0.3) is 5.91 Å². The van der Waals surface area contributed by atoms with Gasteiger partial charge in [-0.25, -0.2) is 13.8 Å². The SMILES string of the molecule is C[C@]1(CF)C[C@@](C)(c2cc(NC(=O)c3ccc(OCC(F)(F)F)cn3)ccc2F)N=C(N)S1. The highest BCUT2D eigenvalue weighted by Crippen LogP contribution is 2.46. The molecule has 0 saturated heterocycles. The van der Waals surface area contributed by atoms with E-state index in [0.29, 0.717) is 0 Å². The Morgan fingerprint density at radius 1 is 1.27 bits per heavy atom. The van der Waals surface area contributed by atoms with Gasteiger partial charge in [0.1, 0.15) is 23.9 Å². The van der Waals surface area contributed by atoms with Gasteiger partial charge in [-0.3, -0.25) is 9.79 Å². The maximum absolute atomic E-state index is 14.7. The normalized spacial score (nSPS) is 23.1. The number of halogens is 5. The summed E-state index contributed by atoms with van der Waals surface area (Å²) < 4.78 is 68.7. The average Bonchev–Trinajstić information content (AvgIpc) is 2.72. The van der Waals surface area contributed by atoms with Gasteiger partial charge in [0, 0.05) is 11.3 Å². The van der Waals surface area contributed by atoms with E-state index in [1.54, 1.807) is 13.8 Å². The number of hydrogen-bond donors (Lipinski definition) is 2. The number of carbonyl (C=O) groups is 1. The van der Waals surface area contributed by atoms with E-state index in [2.05, 4.69) is 20.0 Å². The van der Waals surface area contributed by atoms with Gasteiger partial charge in [0.15, 0.2) is 11.8 Å². The van der Waals surface area contributed by atoms with Crippen molar-refractivity contribution in [3.63, 3.8) is 0 Å². The standard InChI is InChI=1S/C21H21F5N4O2S/c1-19(10-22)9-20(2,30-18(27)33-19)14-7-12(3-5-15(14)23)29-17(31)16-6-4-13(8-28-16)32-11-21(24,25)26/h3-8H,9-11H2,1-2H3,(H2,27,30)(H,29,31)/t19-,20+/m1/s1. The number of benzene rings is 1. The smallest absolute Gasteiger partial charge is 0.422 e. The van der Waals surface area contributed by atoms with Crippen molar-refractivity contribution < 1.29 is 31.5 Å². The Kier molecular flexibility index (Phi) is 6.87. The van der Waals surface area contributed by atoms with Crippen molar-refractivity contribution in [3.05, 3.63) is 53.6 Å². The summed E-state index contributed by atoms with van der Waals surface area (Å²) in [4.78, 5) is 20.6. The number of hydrogen-bond acceptors (Lipinski definition) is 6. The topological polar surface area (TPSA) is 89.6 Å². The first-order valence-electron chi connectivity index (χ1n) is 9.70. The second kappa shape index (κ2) is 9.16. The predicted molar refractivity (Wildman–Crippen MR) is 116 cm³/mol. The molecule has 0 radical (unpaired) electrons. The van der Waals surface area contributed by atoms with E-state index in [4.69, 9.17) is 5.73 Å². The summed E-state index contributed by atoms with van der Waals surface area (Å²) in [7, 11) is 0. The Morgan fingerprint density at radius 3 is 2.61 bits per heavy atom. The quantitative estimate of drug-likeness (QED) is 0.570. The molecular formula is C21H21F5N4O2S. The van der Waals surface area contributed by atoms with Crippen LogP contribution in [0.15, 0.2) is 41.5 Å². The highest BCUT2D eigenvalue weighted by Gasteiger charge is 2.43. The molecule has 0 bridgehead atoms. The zero-order valence-corrected chi connectivity index (χ0v) is 18.5. The first kappa shape index (κ1) is 24.7. The van der Waals surface area contributed by atoms with Gasteiger partial charge in [-0.15, -0.1) is 0 Å². The van der Waals surface area contributed by atoms with E-state index in [1.165, 1.54) is 24.3 Å². The molecule has 2 atom stereocenters. The first-order chi connectivity index (χ1) is 15.3. The van der Waals surface area contributed by atoms with E-state index in [9.17, 15) is 26.7 Å². The second-order valence-electron chi connectivity index (χ2n) is 8.02. The number of nitrogens with two attached hydrogens (primary N) is 1. The second-order valence-corrected chi connectivity index (χ2v) is 9.63. The van der Waals surface area contributed by atoms with Crippen molar-refractivity contribution in [1.82, 2.24) is 4.98 Å². The molecule has 12 heteroatoms. The maximum atomic E-state index is 14.7. The summed E-state index contributed by atoms with van der Waals surface area (Å²) in [6, 6.07) is 6.25. The van der Waals surface area contributed by atoms with Crippen LogP contribution < -0.4 is 15.8 Å². The van der Waals surface area contributed by atoms with Crippen molar-refractivity contribution in [1.29, 1.82) is 0 Å². The minimum absolute atomic E-state index is 0.0900. The van der Waals surface area contributed by atoms with Crippen LogP contribution in [-0.2, 0) is 5.54 Å². The van der Waals surface area contributed by atoms with Crippen molar-refractivity contribution in [2.75, 3.05) is 18.6 Å². The van der Waals surface area contributed by atoms with Crippen LogP contribution >= 0.6 is 11.8 Å². The van der Waals surface area contributed by atoms with Gasteiger partial charge in [-0.05, 0) is 50.6 Å². The maximum Gasteiger partial charge on any atom is 0.422 e. The van der Waals surface area contributed by atoms with E-state index in [0.717, 1.165) is 24.0 Å². The Morgan fingerprint density at radius 2 is 2.00 bits per heavy atom. The minimum Gasteiger partial charge on any atom is -0.483 e. The van der Waals surface area contributed by atoms with Crippen LogP contribution in [0.1, 0.15) is 36.3 Å². The van der Waals surface area contributed by atoms with Crippen molar-refractivity contribution in [2.24, 2.45) is 10.7 Å². The molecule has 1 aliphatic heterocycles. The van der Waals surface area contributed by atoms with E-state index >= 15 is 0 Å². The molecular weight excluding hydrogens is 467 g/mol. The van der Waals surface area contributed by atoms with Crippen LogP contribution in [0.4, 0.5) is 27.6 Å². The number of rotatable bonds is 6. The Hall–Kier alpha value is -2.89. The number of nitrogens with zero attached hydrogens (tertiary/aromatic N) is 2. The van der Waals surface area contributed by atoms with Crippen LogP contribution in [0.25, 0.3) is 0 Å². The number of nitrogens with one attached hydrogen (secondary N) is 1. The summed E-state index contributed by atoms with van der Waals surface area (Å²) in [5, 5.41) is 2.69. The van der Waals surface area contributed by atoms with E-state index in [1.807, 2.05) is 0 Å². The number of amides is 1. The molecule has 1 aromatic heterocycles. The monoisotopic (exact) mass is 488 g/mol. The van der Waals surface area contributed by atoms with Gasteiger partial charge in [0.2, 0.25) is 0 Å². The molecule has 0 unspecified atom stereocenters. The highest BCUT2D eigenvalue weighted by atomic mass is 32.2. The highest BCUT2D eigenvalue weighted by molar-refractivity contribution is 8.15. The van der Waals surface area contributed by atoms with Gasteiger partial charge >= 0.3 is 6.18 Å². The largest absolute Gasteiger partial charge is 0.483 e. The van der Waals surface area contributed by atoms with Crippen molar-refractivity contribution in [2.45, 2.75) is 36.7 Å². The van der Waals surface area contributed by atoms with Crippen LogP contribution in [0.2, 0.25) is 0 Å². The number of aliphatic imine (C=N–C) groups is 1. The molecule has 33 heavy (non-hydrogen) atoms. The Labute approximate surface area is 190 Å². The van der Waals surface area contributed by atoms with Crippen LogP contribution in [-0.4, -0.2) is 40.3 Å². The molecule has 178 valence electrons. The zero-order valence-electron chi connectivity index (χ0n) is 17.7. The van der Waals surface area contributed by atoms with Crippen LogP contribution in [0.5, 0.6) is 5.75 Å². The summed E-state index contributed by atoms with van der Waals surface area (Å²) in [5.41, 5.74) is 4.99. The number of thioether (sulfide) groups is 1.